The quantitative estimate of drug-likeness (QED) is 0.676. The zero-order valence-electron chi connectivity index (χ0n) is 15.5. The van der Waals surface area contributed by atoms with Crippen LogP contribution in [-0.4, -0.2) is 31.4 Å². The van der Waals surface area contributed by atoms with E-state index in [1.54, 1.807) is 17.0 Å². The van der Waals surface area contributed by atoms with Gasteiger partial charge in [0.25, 0.3) is 5.91 Å². The molecule has 2 rings (SSSR count). The zero-order chi connectivity index (χ0) is 18.8. The predicted molar refractivity (Wildman–Crippen MR) is 107 cm³/mol. The number of hydrogen-bond donors (Lipinski definition) is 2. The second-order valence-electron chi connectivity index (χ2n) is 6.02. The Kier molecular flexibility index (Phi) is 7.68. The van der Waals surface area contributed by atoms with Crippen molar-refractivity contribution in [1.29, 1.82) is 0 Å². The minimum atomic E-state index is -0.0899. The van der Waals surface area contributed by atoms with Gasteiger partial charge in [-0.05, 0) is 43.7 Å². The molecule has 0 radical (unpaired) electrons. The minimum absolute atomic E-state index is 0.0171. The number of nitrogens with one attached hydrogen (secondary N) is 2. The highest BCUT2D eigenvalue weighted by molar-refractivity contribution is 5.97. The number of hydrogen-bond acceptors (Lipinski definition) is 3. The number of unbranched alkanes of at least 4 members (excludes halogenated alkanes) is 1. The van der Waals surface area contributed by atoms with Crippen LogP contribution in [0.25, 0.3) is 0 Å². The van der Waals surface area contributed by atoms with Crippen LogP contribution in [0.1, 0.15) is 37.0 Å². The van der Waals surface area contributed by atoms with Crippen LogP contribution in [0, 0.1) is 0 Å². The standard InChI is InChI=1S/C21H27N3O2/c1-3-5-14-22-21(26)17-10-9-11-18(15-17)23-16-20(25)24(4-2)19-12-7-6-8-13-19/h6-13,15,23H,3-5,14,16H2,1-2H3,(H,22,26). The second kappa shape index (κ2) is 10.2. The molecule has 0 bridgehead atoms. The topological polar surface area (TPSA) is 61.4 Å². The first-order valence-electron chi connectivity index (χ1n) is 9.13. The third-order valence-electron chi connectivity index (χ3n) is 4.07. The number of rotatable bonds is 9. The highest BCUT2D eigenvalue weighted by Gasteiger charge is 2.13. The third kappa shape index (κ3) is 5.62. The molecule has 0 aliphatic carbocycles. The molecular formula is C21H27N3O2. The van der Waals surface area contributed by atoms with E-state index in [4.69, 9.17) is 0 Å². The van der Waals surface area contributed by atoms with E-state index in [2.05, 4.69) is 17.6 Å². The lowest BCUT2D eigenvalue weighted by atomic mass is 10.2. The molecule has 0 aromatic heterocycles. The molecule has 0 saturated heterocycles. The molecule has 2 amide bonds. The van der Waals surface area contributed by atoms with Crippen molar-refractivity contribution in [1.82, 2.24) is 5.32 Å². The maximum atomic E-state index is 12.5. The molecule has 2 N–H and O–H groups in total. The number of benzene rings is 2. The van der Waals surface area contributed by atoms with Gasteiger partial charge >= 0.3 is 0 Å². The molecule has 0 atom stereocenters. The first-order chi connectivity index (χ1) is 12.7. The molecule has 0 aliphatic heterocycles. The van der Waals surface area contributed by atoms with Crippen LogP contribution in [0.15, 0.2) is 54.6 Å². The van der Waals surface area contributed by atoms with Gasteiger partial charge in [-0.25, -0.2) is 0 Å². The minimum Gasteiger partial charge on any atom is -0.376 e. The largest absolute Gasteiger partial charge is 0.376 e. The van der Waals surface area contributed by atoms with E-state index in [0.29, 0.717) is 18.7 Å². The van der Waals surface area contributed by atoms with Gasteiger partial charge in [-0.15, -0.1) is 0 Å². The fourth-order valence-electron chi connectivity index (χ4n) is 2.64. The number of carbonyl (C=O) groups excluding carboxylic acids is 2. The van der Waals surface area contributed by atoms with E-state index in [-0.39, 0.29) is 18.4 Å². The number of anilines is 2. The van der Waals surface area contributed by atoms with Crippen LogP contribution in [0.5, 0.6) is 0 Å². The summed E-state index contributed by atoms with van der Waals surface area (Å²) in [5.74, 6) is -0.107. The summed E-state index contributed by atoms with van der Waals surface area (Å²) in [6.45, 7) is 5.48. The molecule has 26 heavy (non-hydrogen) atoms. The van der Waals surface area contributed by atoms with Crippen molar-refractivity contribution in [2.75, 3.05) is 29.9 Å². The first-order valence-corrected chi connectivity index (χ1v) is 9.13. The molecule has 0 saturated carbocycles. The Morgan fingerprint density at radius 1 is 1.00 bits per heavy atom. The van der Waals surface area contributed by atoms with Gasteiger partial charge in [0.1, 0.15) is 0 Å². The lowest BCUT2D eigenvalue weighted by Gasteiger charge is -2.21. The highest BCUT2D eigenvalue weighted by atomic mass is 16.2. The molecule has 138 valence electrons. The molecule has 0 aliphatic rings. The summed E-state index contributed by atoms with van der Waals surface area (Å²) >= 11 is 0. The van der Waals surface area contributed by atoms with Crippen LogP contribution in [0.3, 0.4) is 0 Å². The molecule has 0 unspecified atom stereocenters. The van der Waals surface area contributed by atoms with E-state index >= 15 is 0 Å². The summed E-state index contributed by atoms with van der Waals surface area (Å²) in [7, 11) is 0. The lowest BCUT2D eigenvalue weighted by Crippen LogP contribution is -2.35. The van der Waals surface area contributed by atoms with Crippen molar-refractivity contribution in [3.63, 3.8) is 0 Å². The summed E-state index contributed by atoms with van der Waals surface area (Å²) < 4.78 is 0. The van der Waals surface area contributed by atoms with Crippen LogP contribution < -0.4 is 15.5 Å². The van der Waals surface area contributed by atoms with Gasteiger partial charge < -0.3 is 15.5 Å². The fourth-order valence-corrected chi connectivity index (χ4v) is 2.64. The van der Waals surface area contributed by atoms with Crippen molar-refractivity contribution < 1.29 is 9.59 Å². The van der Waals surface area contributed by atoms with Crippen LogP contribution in [0.2, 0.25) is 0 Å². The summed E-state index contributed by atoms with van der Waals surface area (Å²) in [5, 5.41) is 6.02. The highest BCUT2D eigenvalue weighted by Crippen LogP contribution is 2.14. The summed E-state index contributed by atoms with van der Waals surface area (Å²) in [5.41, 5.74) is 2.23. The molecule has 0 fully saturated rings. The first kappa shape index (κ1) is 19.5. The van der Waals surface area contributed by atoms with Gasteiger partial charge in [-0.2, -0.15) is 0 Å². The predicted octanol–water partition coefficient (Wildman–Crippen LogP) is 3.68. The summed E-state index contributed by atoms with van der Waals surface area (Å²) in [4.78, 5) is 26.4. The Hall–Kier alpha value is -2.82. The van der Waals surface area contributed by atoms with Crippen molar-refractivity contribution in [3.8, 4) is 0 Å². The van der Waals surface area contributed by atoms with E-state index in [1.165, 1.54) is 0 Å². The van der Waals surface area contributed by atoms with Crippen molar-refractivity contribution in [3.05, 3.63) is 60.2 Å². The van der Waals surface area contributed by atoms with E-state index in [0.717, 1.165) is 24.2 Å². The van der Waals surface area contributed by atoms with E-state index in [9.17, 15) is 9.59 Å². The van der Waals surface area contributed by atoms with Crippen LogP contribution in [0.4, 0.5) is 11.4 Å². The fraction of sp³-hybridized carbons (Fsp3) is 0.333. The normalized spacial score (nSPS) is 10.2. The van der Waals surface area contributed by atoms with Crippen molar-refractivity contribution in [2.24, 2.45) is 0 Å². The zero-order valence-corrected chi connectivity index (χ0v) is 15.5. The Balaban J connectivity index is 1.95. The molecule has 0 heterocycles. The van der Waals surface area contributed by atoms with Gasteiger partial charge in [0, 0.05) is 30.0 Å². The Labute approximate surface area is 155 Å². The lowest BCUT2D eigenvalue weighted by molar-refractivity contribution is -0.116. The number of para-hydroxylation sites is 1. The Bertz CT molecular complexity index is 716. The average Bonchev–Trinajstić information content (AvgIpc) is 2.68. The average molecular weight is 353 g/mol. The molecule has 2 aromatic carbocycles. The number of amides is 2. The number of carbonyl (C=O) groups is 2. The van der Waals surface area contributed by atoms with Gasteiger partial charge in [0.2, 0.25) is 5.91 Å². The maximum Gasteiger partial charge on any atom is 0.251 e. The maximum absolute atomic E-state index is 12.5. The second-order valence-corrected chi connectivity index (χ2v) is 6.02. The van der Waals surface area contributed by atoms with Gasteiger partial charge in [-0.3, -0.25) is 9.59 Å². The smallest absolute Gasteiger partial charge is 0.251 e. The SMILES string of the molecule is CCCCNC(=O)c1cccc(NCC(=O)N(CC)c2ccccc2)c1. The Morgan fingerprint density at radius 2 is 1.77 bits per heavy atom. The number of likely N-dealkylation sites (N-methyl/N-ethyl adjacent to an activating group) is 1. The van der Waals surface area contributed by atoms with Crippen LogP contribution >= 0.6 is 0 Å². The van der Waals surface area contributed by atoms with Crippen LogP contribution in [-0.2, 0) is 4.79 Å². The summed E-state index contributed by atoms with van der Waals surface area (Å²) in [6.07, 6.45) is 2.00. The summed E-state index contributed by atoms with van der Waals surface area (Å²) in [6, 6.07) is 16.8. The molecule has 5 nitrogen and oxygen atoms in total. The molecule has 5 heteroatoms. The van der Waals surface area contributed by atoms with Crippen molar-refractivity contribution >= 4 is 23.2 Å². The Morgan fingerprint density at radius 3 is 2.46 bits per heavy atom. The number of nitrogens with zero attached hydrogens (tertiary/aromatic N) is 1. The van der Waals surface area contributed by atoms with E-state index in [1.807, 2.05) is 49.4 Å². The van der Waals surface area contributed by atoms with Gasteiger partial charge in [-0.1, -0.05) is 37.6 Å². The van der Waals surface area contributed by atoms with E-state index < -0.39 is 0 Å². The van der Waals surface area contributed by atoms with Gasteiger partial charge in [0.05, 0.1) is 6.54 Å². The van der Waals surface area contributed by atoms with Gasteiger partial charge in [0.15, 0.2) is 0 Å². The van der Waals surface area contributed by atoms with Crippen molar-refractivity contribution in [2.45, 2.75) is 26.7 Å². The molecular weight excluding hydrogens is 326 g/mol. The third-order valence-corrected chi connectivity index (χ3v) is 4.07. The molecule has 2 aromatic rings. The monoisotopic (exact) mass is 353 g/mol. The molecule has 0 spiro atoms.